The highest BCUT2D eigenvalue weighted by Crippen LogP contribution is 2.15. The maximum Gasteiger partial charge on any atom is 0.307 e. The molecular weight excluding hydrogens is 310 g/mol. The number of methoxy groups -OCH3 is 1. The Labute approximate surface area is 141 Å². The van der Waals surface area contributed by atoms with E-state index in [9.17, 15) is 14.4 Å². The molecule has 3 N–H and O–H groups in total. The molecule has 0 radical (unpaired) electrons. The van der Waals surface area contributed by atoms with Gasteiger partial charge < -0.3 is 20.7 Å². The fraction of sp³-hybridized carbons (Fsp3) is 0.471. The van der Waals surface area contributed by atoms with Gasteiger partial charge in [-0.25, -0.2) is 0 Å². The molecule has 1 aromatic rings. The van der Waals surface area contributed by atoms with Gasteiger partial charge in [0.15, 0.2) is 0 Å². The first-order chi connectivity index (χ1) is 11.6. The van der Waals surface area contributed by atoms with Crippen LogP contribution in [-0.4, -0.2) is 44.5 Å². The number of piperidine rings is 1. The summed E-state index contributed by atoms with van der Waals surface area (Å²) in [5.41, 5.74) is 1.13. The minimum atomic E-state index is -0.370. The second kappa shape index (κ2) is 9.02. The first-order valence-corrected chi connectivity index (χ1v) is 8.07. The number of ether oxygens (including phenoxy) is 1. The van der Waals surface area contributed by atoms with Crippen molar-refractivity contribution in [1.82, 2.24) is 10.6 Å². The van der Waals surface area contributed by atoms with E-state index in [2.05, 4.69) is 20.7 Å². The van der Waals surface area contributed by atoms with Crippen LogP contribution in [0.4, 0.5) is 5.69 Å². The lowest BCUT2D eigenvalue weighted by molar-refractivity contribution is -0.140. The van der Waals surface area contributed by atoms with Crippen LogP contribution >= 0.6 is 0 Å². The quantitative estimate of drug-likeness (QED) is 0.673. The third-order valence-electron chi connectivity index (χ3n) is 3.92. The lowest BCUT2D eigenvalue weighted by atomic mass is 9.99. The van der Waals surface area contributed by atoms with E-state index in [-0.39, 0.29) is 36.7 Å². The summed E-state index contributed by atoms with van der Waals surface area (Å²) in [5, 5.41) is 8.72. The molecule has 0 aromatic heterocycles. The van der Waals surface area contributed by atoms with E-state index >= 15 is 0 Å². The van der Waals surface area contributed by atoms with E-state index in [0.29, 0.717) is 17.8 Å². The number of rotatable bonds is 6. The van der Waals surface area contributed by atoms with Gasteiger partial charge in [0.05, 0.1) is 19.4 Å². The van der Waals surface area contributed by atoms with Crippen molar-refractivity contribution in [3.8, 4) is 0 Å². The molecule has 1 fully saturated rings. The Morgan fingerprint density at radius 3 is 2.62 bits per heavy atom. The summed E-state index contributed by atoms with van der Waals surface area (Å²) in [4.78, 5) is 35.1. The molecule has 130 valence electrons. The molecule has 2 rings (SSSR count). The van der Waals surface area contributed by atoms with Crippen LogP contribution < -0.4 is 16.0 Å². The molecule has 0 bridgehead atoms. The fourth-order valence-corrected chi connectivity index (χ4v) is 2.51. The SMILES string of the molecule is COC(=O)CCNC(=O)c1ccc(NC(=O)C2CCCNC2)cc1. The minimum Gasteiger partial charge on any atom is -0.469 e. The van der Waals surface area contributed by atoms with Crippen molar-refractivity contribution in [2.24, 2.45) is 5.92 Å². The zero-order valence-corrected chi connectivity index (χ0v) is 13.8. The van der Waals surface area contributed by atoms with E-state index < -0.39 is 0 Å². The number of anilines is 1. The van der Waals surface area contributed by atoms with E-state index in [4.69, 9.17) is 0 Å². The van der Waals surface area contributed by atoms with Crippen LogP contribution in [0.25, 0.3) is 0 Å². The Kier molecular flexibility index (Phi) is 6.74. The Morgan fingerprint density at radius 2 is 2.00 bits per heavy atom. The van der Waals surface area contributed by atoms with Crippen LogP contribution in [0.1, 0.15) is 29.6 Å². The second-order valence-electron chi connectivity index (χ2n) is 5.69. The summed E-state index contributed by atoms with van der Waals surface area (Å²) in [6.45, 7) is 1.88. The molecule has 1 aromatic carbocycles. The van der Waals surface area contributed by atoms with E-state index in [1.165, 1.54) is 7.11 Å². The lowest BCUT2D eigenvalue weighted by Crippen LogP contribution is -2.37. The Bertz CT molecular complexity index is 580. The second-order valence-corrected chi connectivity index (χ2v) is 5.69. The average Bonchev–Trinajstić information content (AvgIpc) is 2.62. The summed E-state index contributed by atoms with van der Waals surface area (Å²) in [5.74, 6) is -0.656. The van der Waals surface area contributed by atoms with Crippen molar-refractivity contribution in [3.05, 3.63) is 29.8 Å². The molecule has 0 spiro atoms. The average molecular weight is 333 g/mol. The molecule has 1 heterocycles. The standard InChI is InChI=1S/C17H23N3O4/c1-24-15(21)8-10-19-16(22)12-4-6-14(7-5-12)20-17(23)13-3-2-9-18-11-13/h4-7,13,18H,2-3,8-11H2,1H3,(H,19,22)(H,20,23). The summed E-state index contributed by atoms with van der Waals surface area (Å²) in [6.07, 6.45) is 2.02. The first-order valence-electron chi connectivity index (χ1n) is 8.07. The number of carbonyl (C=O) groups is 3. The molecule has 24 heavy (non-hydrogen) atoms. The van der Waals surface area contributed by atoms with Gasteiger partial charge in [-0.3, -0.25) is 14.4 Å². The van der Waals surface area contributed by atoms with Crippen LogP contribution in [0.5, 0.6) is 0 Å². The maximum absolute atomic E-state index is 12.1. The molecule has 1 unspecified atom stereocenters. The van der Waals surface area contributed by atoms with Crippen molar-refractivity contribution in [3.63, 3.8) is 0 Å². The van der Waals surface area contributed by atoms with Gasteiger partial charge in [-0.15, -0.1) is 0 Å². The third-order valence-corrected chi connectivity index (χ3v) is 3.92. The Hall–Kier alpha value is -2.41. The predicted molar refractivity (Wildman–Crippen MR) is 89.6 cm³/mol. The summed E-state index contributed by atoms with van der Waals surface area (Å²) in [6, 6.07) is 6.68. The molecule has 0 saturated carbocycles. The number of hydrogen-bond donors (Lipinski definition) is 3. The van der Waals surface area contributed by atoms with Crippen LogP contribution in [-0.2, 0) is 14.3 Å². The summed E-state index contributed by atoms with van der Waals surface area (Å²) in [7, 11) is 1.31. The number of nitrogens with one attached hydrogen (secondary N) is 3. The van der Waals surface area contributed by atoms with Crippen LogP contribution in [0.15, 0.2) is 24.3 Å². The van der Waals surface area contributed by atoms with Crippen LogP contribution in [0.2, 0.25) is 0 Å². The zero-order chi connectivity index (χ0) is 17.4. The summed E-state index contributed by atoms with van der Waals surface area (Å²) < 4.78 is 4.51. The molecule has 1 saturated heterocycles. The molecule has 1 atom stereocenters. The van der Waals surface area contributed by atoms with Crippen molar-refractivity contribution in [1.29, 1.82) is 0 Å². The van der Waals surface area contributed by atoms with E-state index in [0.717, 1.165) is 19.4 Å². The van der Waals surface area contributed by atoms with Gasteiger partial charge in [0, 0.05) is 24.3 Å². The van der Waals surface area contributed by atoms with Gasteiger partial charge in [0.25, 0.3) is 5.91 Å². The molecule has 2 amide bonds. The van der Waals surface area contributed by atoms with E-state index in [1.807, 2.05) is 0 Å². The molecule has 7 heteroatoms. The topological polar surface area (TPSA) is 96.5 Å². The molecule has 7 nitrogen and oxygen atoms in total. The van der Waals surface area contributed by atoms with Crippen molar-refractivity contribution in [2.75, 3.05) is 32.1 Å². The third kappa shape index (κ3) is 5.34. The lowest BCUT2D eigenvalue weighted by Gasteiger charge is -2.21. The first kappa shape index (κ1) is 17.9. The Morgan fingerprint density at radius 1 is 1.25 bits per heavy atom. The molecular formula is C17H23N3O4. The highest BCUT2D eigenvalue weighted by Gasteiger charge is 2.20. The summed E-state index contributed by atoms with van der Waals surface area (Å²) >= 11 is 0. The number of hydrogen-bond acceptors (Lipinski definition) is 5. The van der Waals surface area contributed by atoms with Gasteiger partial charge in [-0.2, -0.15) is 0 Å². The highest BCUT2D eigenvalue weighted by molar-refractivity contribution is 5.96. The minimum absolute atomic E-state index is 0.00233. The zero-order valence-electron chi connectivity index (χ0n) is 13.8. The number of carbonyl (C=O) groups excluding carboxylic acids is 3. The van der Waals surface area contributed by atoms with Crippen LogP contribution in [0, 0.1) is 5.92 Å². The fourth-order valence-electron chi connectivity index (χ4n) is 2.51. The van der Waals surface area contributed by atoms with Crippen molar-refractivity contribution in [2.45, 2.75) is 19.3 Å². The largest absolute Gasteiger partial charge is 0.469 e. The van der Waals surface area contributed by atoms with Gasteiger partial charge in [-0.05, 0) is 43.7 Å². The van der Waals surface area contributed by atoms with Crippen molar-refractivity contribution < 1.29 is 19.1 Å². The van der Waals surface area contributed by atoms with Gasteiger partial charge >= 0.3 is 5.97 Å². The normalized spacial score (nSPS) is 17.0. The Balaban J connectivity index is 1.82. The number of amides is 2. The molecule has 0 aliphatic carbocycles. The van der Waals surface area contributed by atoms with Gasteiger partial charge in [0.1, 0.15) is 0 Å². The van der Waals surface area contributed by atoms with Gasteiger partial charge in [-0.1, -0.05) is 0 Å². The van der Waals surface area contributed by atoms with Crippen LogP contribution in [0.3, 0.4) is 0 Å². The van der Waals surface area contributed by atoms with Gasteiger partial charge in [0.2, 0.25) is 5.91 Å². The molecule has 1 aliphatic rings. The maximum atomic E-state index is 12.1. The monoisotopic (exact) mass is 333 g/mol. The smallest absolute Gasteiger partial charge is 0.307 e. The number of benzene rings is 1. The van der Waals surface area contributed by atoms with E-state index in [1.54, 1.807) is 24.3 Å². The highest BCUT2D eigenvalue weighted by atomic mass is 16.5. The van der Waals surface area contributed by atoms with Crippen molar-refractivity contribution >= 4 is 23.5 Å². The molecule has 1 aliphatic heterocycles. The number of esters is 1. The predicted octanol–water partition coefficient (Wildman–Crippen LogP) is 0.918.